The molecule has 0 aliphatic rings. The lowest BCUT2D eigenvalue weighted by molar-refractivity contribution is -0.141. The highest BCUT2D eigenvalue weighted by atomic mass is 16.4. The first-order valence-electron chi connectivity index (χ1n) is 6.35. The lowest BCUT2D eigenvalue weighted by atomic mass is 10.1. The van der Waals surface area contributed by atoms with E-state index in [1.54, 1.807) is 13.0 Å². The topological polar surface area (TPSA) is 117 Å². The fourth-order valence-corrected chi connectivity index (χ4v) is 1.99. The summed E-state index contributed by atoms with van der Waals surface area (Å²) in [6, 6.07) is 0.386. The van der Waals surface area contributed by atoms with Crippen molar-refractivity contribution in [3.05, 3.63) is 29.2 Å². The van der Waals surface area contributed by atoms with Crippen molar-refractivity contribution in [1.82, 2.24) is 19.9 Å². The van der Waals surface area contributed by atoms with Gasteiger partial charge in [0.25, 0.3) is 5.91 Å². The number of nitrogens with zero attached hydrogens (tertiary/aromatic N) is 3. The maximum atomic E-state index is 12.2. The third-order valence-corrected chi connectivity index (χ3v) is 3.13. The van der Waals surface area contributed by atoms with Crippen LogP contribution in [-0.4, -0.2) is 48.8 Å². The molecule has 0 saturated carbocycles. The number of hydrogen-bond donors (Lipinski definition) is 3. The molecule has 0 aromatic carbocycles. The molecule has 0 spiro atoms. The fourth-order valence-electron chi connectivity index (χ4n) is 1.99. The van der Waals surface area contributed by atoms with Gasteiger partial charge in [-0.2, -0.15) is 5.10 Å². The summed E-state index contributed by atoms with van der Waals surface area (Å²) in [5, 5.41) is 24.9. The van der Waals surface area contributed by atoms with Gasteiger partial charge in [-0.1, -0.05) is 0 Å². The molecule has 0 aliphatic carbocycles. The van der Waals surface area contributed by atoms with Crippen LogP contribution in [0.5, 0.6) is 0 Å². The normalized spacial score (nSPS) is 13.9. The van der Waals surface area contributed by atoms with E-state index in [1.807, 2.05) is 6.92 Å². The van der Waals surface area contributed by atoms with Gasteiger partial charge in [-0.25, -0.2) is 14.3 Å². The number of aliphatic hydroxyl groups is 1. The highest BCUT2D eigenvalue weighted by Gasteiger charge is 2.26. The van der Waals surface area contributed by atoms with E-state index >= 15 is 0 Å². The molecule has 0 fully saturated rings. The molecule has 0 aliphatic heterocycles. The van der Waals surface area contributed by atoms with Gasteiger partial charge >= 0.3 is 5.97 Å². The number of carbonyl (C=O) groups excluding carboxylic acids is 1. The standard InChI is InChI=1S/C13H16N4O4/c1-6-4-10-14-5-9(7(2)17(10)16-6)12(19)15-11(8(3)18)13(20)21/h4-5,8,11,18H,1-3H3,(H,15,19)(H,20,21). The Labute approximate surface area is 120 Å². The van der Waals surface area contributed by atoms with Crippen LogP contribution in [0.1, 0.15) is 28.7 Å². The van der Waals surface area contributed by atoms with Crippen LogP contribution in [0.25, 0.3) is 5.65 Å². The van der Waals surface area contributed by atoms with Crippen molar-refractivity contribution in [2.75, 3.05) is 0 Å². The quantitative estimate of drug-likeness (QED) is 0.725. The average Bonchev–Trinajstić information content (AvgIpc) is 2.77. The molecule has 21 heavy (non-hydrogen) atoms. The van der Waals surface area contributed by atoms with E-state index in [-0.39, 0.29) is 5.56 Å². The van der Waals surface area contributed by atoms with Crippen molar-refractivity contribution >= 4 is 17.5 Å². The van der Waals surface area contributed by atoms with Gasteiger partial charge in [0.15, 0.2) is 11.7 Å². The second kappa shape index (κ2) is 5.49. The van der Waals surface area contributed by atoms with Crippen LogP contribution < -0.4 is 5.32 Å². The summed E-state index contributed by atoms with van der Waals surface area (Å²) >= 11 is 0. The lowest BCUT2D eigenvalue weighted by Crippen LogP contribution is -2.47. The zero-order valence-corrected chi connectivity index (χ0v) is 11.9. The number of carboxylic acids is 1. The molecule has 2 aromatic heterocycles. The van der Waals surface area contributed by atoms with E-state index in [4.69, 9.17) is 5.11 Å². The summed E-state index contributed by atoms with van der Waals surface area (Å²) in [6.07, 6.45) is 0.151. The Morgan fingerprint density at radius 2 is 2.05 bits per heavy atom. The summed E-state index contributed by atoms with van der Waals surface area (Å²) < 4.78 is 1.52. The third-order valence-electron chi connectivity index (χ3n) is 3.13. The molecule has 2 rings (SSSR count). The van der Waals surface area contributed by atoms with Gasteiger partial charge in [0.2, 0.25) is 0 Å². The molecule has 8 nitrogen and oxygen atoms in total. The fraction of sp³-hybridized carbons (Fsp3) is 0.385. The summed E-state index contributed by atoms with van der Waals surface area (Å²) in [6.45, 7) is 4.79. The van der Waals surface area contributed by atoms with Gasteiger partial charge in [-0.05, 0) is 20.8 Å². The van der Waals surface area contributed by atoms with Gasteiger partial charge < -0.3 is 15.5 Å². The van der Waals surface area contributed by atoms with Gasteiger partial charge in [0.1, 0.15) is 0 Å². The summed E-state index contributed by atoms with van der Waals surface area (Å²) in [4.78, 5) is 27.3. The van der Waals surface area contributed by atoms with Gasteiger partial charge in [0, 0.05) is 12.3 Å². The molecule has 3 N–H and O–H groups in total. The molecule has 112 valence electrons. The molecule has 2 aromatic rings. The van der Waals surface area contributed by atoms with Crippen LogP contribution in [0.15, 0.2) is 12.3 Å². The minimum atomic E-state index is -1.38. The predicted octanol–water partition coefficient (Wildman–Crippen LogP) is -0.0901. The minimum Gasteiger partial charge on any atom is -0.480 e. The Bertz CT molecular complexity index is 708. The molecular formula is C13H16N4O4. The van der Waals surface area contributed by atoms with Crippen LogP contribution in [0.3, 0.4) is 0 Å². The number of hydrogen-bond acceptors (Lipinski definition) is 5. The first-order valence-corrected chi connectivity index (χ1v) is 6.35. The summed E-state index contributed by atoms with van der Waals surface area (Å²) in [5.41, 5.74) is 2.11. The number of nitrogens with one attached hydrogen (secondary N) is 1. The Morgan fingerprint density at radius 3 is 2.62 bits per heavy atom. The first-order chi connectivity index (χ1) is 9.81. The highest BCUT2D eigenvalue weighted by molar-refractivity contribution is 5.97. The monoisotopic (exact) mass is 292 g/mol. The van der Waals surface area contributed by atoms with E-state index in [0.717, 1.165) is 5.69 Å². The molecule has 0 saturated heterocycles. The van der Waals surface area contributed by atoms with Gasteiger partial charge in [-0.15, -0.1) is 0 Å². The van der Waals surface area contributed by atoms with E-state index in [1.165, 1.54) is 17.6 Å². The van der Waals surface area contributed by atoms with Crippen molar-refractivity contribution in [1.29, 1.82) is 0 Å². The molecular weight excluding hydrogens is 276 g/mol. The molecule has 0 bridgehead atoms. The average molecular weight is 292 g/mol. The third kappa shape index (κ3) is 2.84. The highest BCUT2D eigenvalue weighted by Crippen LogP contribution is 2.11. The Kier molecular flexibility index (Phi) is 3.90. The van der Waals surface area contributed by atoms with E-state index in [0.29, 0.717) is 11.3 Å². The number of fused-ring (bicyclic) bond motifs is 1. The van der Waals surface area contributed by atoms with Crippen molar-refractivity contribution in [3.63, 3.8) is 0 Å². The smallest absolute Gasteiger partial charge is 0.328 e. The number of aromatic nitrogens is 3. The number of amides is 1. The number of aryl methyl sites for hydroxylation is 2. The number of carboxylic acid groups (broad SMARTS) is 1. The van der Waals surface area contributed by atoms with Crippen LogP contribution >= 0.6 is 0 Å². The van der Waals surface area contributed by atoms with Crippen molar-refractivity contribution in [2.45, 2.75) is 32.9 Å². The number of aliphatic carboxylic acids is 1. The van der Waals surface area contributed by atoms with Crippen molar-refractivity contribution in [3.8, 4) is 0 Å². The Morgan fingerprint density at radius 1 is 1.38 bits per heavy atom. The van der Waals surface area contributed by atoms with Crippen molar-refractivity contribution in [2.24, 2.45) is 0 Å². The van der Waals surface area contributed by atoms with Gasteiger partial charge in [-0.3, -0.25) is 4.79 Å². The van der Waals surface area contributed by atoms with Crippen LogP contribution in [-0.2, 0) is 4.79 Å². The number of rotatable bonds is 4. The maximum Gasteiger partial charge on any atom is 0.328 e. The van der Waals surface area contributed by atoms with Crippen molar-refractivity contribution < 1.29 is 19.8 Å². The van der Waals surface area contributed by atoms with Crippen LogP contribution in [0.2, 0.25) is 0 Å². The largest absolute Gasteiger partial charge is 0.480 e. The summed E-state index contributed by atoms with van der Waals surface area (Å²) in [5.74, 6) is -1.93. The zero-order valence-electron chi connectivity index (χ0n) is 11.9. The van der Waals surface area contributed by atoms with Crippen LogP contribution in [0, 0.1) is 13.8 Å². The molecule has 0 radical (unpaired) electrons. The van der Waals surface area contributed by atoms with E-state index < -0.39 is 24.0 Å². The second-order valence-corrected chi connectivity index (χ2v) is 4.84. The number of aliphatic hydroxyl groups excluding tert-OH is 1. The Balaban J connectivity index is 2.35. The maximum absolute atomic E-state index is 12.2. The first kappa shape index (κ1) is 14.9. The molecule has 2 unspecified atom stereocenters. The summed E-state index contributed by atoms with van der Waals surface area (Å²) in [7, 11) is 0. The lowest BCUT2D eigenvalue weighted by Gasteiger charge is -2.17. The molecule has 8 heteroatoms. The second-order valence-electron chi connectivity index (χ2n) is 4.84. The van der Waals surface area contributed by atoms with E-state index in [9.17, 15) is 14.7 Å². The SMILES string of the molecule is Cc1cc2ncc(C(=O)NC(C(=O)O)C(C)O)c(C)n2n1. The number of carbonyl (C=O) groups is 2. The molecule has 2 atom stereocenters. The zero-order chi connectivity index (χ0) is 15.7. The van der Waals surface area contributed by atoms with Crippen LogP contribution in [0.4, 0.5) is 0 Å². The minimum absolute atomic E-state index is 0.206. The predicted molar refractivity (Wildman–Crippen MR) is 73.0 cm³/mol. The molecule has 2 heterocycles. The van der Waals surface area contributed by atoms with E-state index in [2.05, 4.69) is 15.4 Å². The van der Waals surface area contributed by atoms with Gasteiger partial charge in [0.05, 0.1) is 23.1 Å². The Hall–Kier alpha value is -2.48. The molecule has 1 amide bonds.